The fraction of sp³-hybridized carbons (Fsp3) is 0.200. The normalized spacial score (nSPS) is 10.8. The van der Waals surface area contributed by atoms with Crippen LogP contribution >= 0.6 is 0 Å². The number of rotatable bonds is 6. The van der Waals surface area contributed by atoms with Gasteiger partial charge < -0.3 is 10.1 Å². The predicted molar refractivity (Wildman–Crippen MR) is 99.5 cm³/mol. The highest BCUT2D eigenvalue weighted by molar-refractivity contribution is 5.89. The molecule has 2 aromatic carbocycles. The minimum absolute atomic E-state index is 0.0305. The van der Waals surface area contributed by atoms with Gasteiger partial charge in [-0.25, -0.2) is 18.7 Å². The molecule has 26 heavy (non-hydrogen) atoms. The Morgan fingerprint density at radius 1 is 1.15 bits per heavy atom. The smallest absolute Gasteiger partial charge is 0.149 e. The summed E-state index contributed by atoms with van der Waals surface area (Å²) in [5.41, 5.74) is 3.10. The summed E-state index contributed by atoms with van der Waals surface area (Å²) in [5, 5.41) is 3.14. The van der Waals surface area contributed by atoms with Crippen molar-refractivity contribution in [3.8, 4) is 5.75 Å². The maximum Gasteiger partial charge on any atom is 0.149 e. The van der Waals surface area contributed by atoms with Gasteiger partial charge in [0.2, 0.25) is 0 Å². The second kappa shape index (κ2) is 7.47. The van der Waals surface area contributed by atoms with E-state index in [-0.39, 0.29) is 16.7 Å². The van der Waals surface area contributed by atoms with Gasteiger partial charge in [-0.05, 0) is 42.7 Å². The van der Waals surface area contributed by atoms with Crippen molar-refractivity contribution in [1.29, 1.82) is 0 Å². The number of nitrogens with zero attached hydrogens (tertiary/aromatic N) is 2. The largest absolute Gasteiger partial charge is 0.496 e. The molecule has 1 aromatic heterocycles. The van der Waals surface area contributed by atoms with Crippen LogP contribution in [0.1, 0.15) is 16.7 Å². The zero-order chi connectivity index (χ0) is 18.7. The molecule has 6 heteroatoms. The van der Waals surface area contributed by atoms with E-state index in [1.807, 2.05) is 19.1 Å². The van der Waals surface area contributed by atoms with E-state index in [4.69, 9.17) is 4.74 Å². The first-order valence-electron chi connectivity index (χ1n) is 8.18. The zero-order valence-electron chi connectivity index (χ0n) is 14.6. The summed E-state index contributed by atoms with van der Waals surface area (Å²) in [4.78, 5) is 7.89. The maximum absolute atomic E-state index is 14.1. The summed E-state index contributed by atoms with van der Waals surface area (Å²) < 4.78 is 33.3. The Balaban J connectivity index is 1.82. The molecule has 4 nitrogen and oxygen atoms in total. The van der Waals surface area contributed by atoms with E-state index < -0.39 is 11.6 Å². The highest BCUT2D eigenvalue weighted by Gasteiger charge is 2.13. The van der Waals surface area contributed by atoms with E-state index in [9.17, 15) is 8.78 Å². The Morgan fingerprint density at radius 3 is 2.65 bits per heavy atom. The second-order valence-electron chi connectivity index (χ2n) is 5.82. The zero-order valence-corrected chi connectivity index (χ0v) is 14.6. The third kappa shape index (κ3) is 3.22. The highest BCUT2D eigenvalue weighted by Crippen LogP contribution is 2.27. The first-order valence-corrected chi connectivity index (χ1v) is 8.18. The van der Waals surface area contributed by atoms with Crippen molar-refractivity contribution in [1.82, 2.24) is 9.97 Å². The van der Waals surface area contributed by atoms with Gasteiger partial charge in [0.1, 0.15) is 35.0 Å². The molecule has 3 aromatic rings. The van der Waals surface area contributed by atoms with Crippen LogP contribution in [0.2, 0.25) is 0 Å². The maximum atomic E-state index is 14.1. The Kier molecular flexibility index (Phi) is 5.11. The van der Waals surface area contributed by atoms with E-state index in [2.05, 4.69) is 21.9 Å². The van der Waals surface area contributed by atoms with Crippen LogP contribution in [0, 0.1) is 18.6 Å². The van der Waals surface area contributed by atoms with Gasteiger partial charge in [-0.2, -0.15) is 0 Å². The second-order valence-corrected chi connectivity index (χ2v) is 5.82. The number of ether oxygens (including phenoxy) is 1. The minimum Gasteiger partial charge on any atom is -0.496 e. The number of nitrogens with one attached hydrogen (secondary N) is 1. The molecule has 0 aliphatic rings. The van der Waals surface area contributed by atoms with E-state index in [1.54, 1.807) is 13.2 Å². The number of hydrogen-bond acceptors (Lipinski definition) is 4. The summed E-state index contributed by atoms with van der Waals surface area (Å²) >= 11 is 0. The molecular weight excluding hydrogens is 336 g/mol. The Bertz CT molecular complexity index is 973. The number of hydrogen-bond donors (Lipinski definition) is 1. The topological polar surface area (TPSA) is 47.0 Å². The number of fused-ring (bicyclic) bond motifs is 1. The molecule has 134 valence electrons. The lowest BCUT2D eigenvalue weighted by atomic mass is 9.99. The summed E-state index contributed by atoms with van der Waals surface area (Å²) in [6.45, 7) is 6.34. The van der Waals surface area contributed by atoms with E-state index in [0.29, 0.717) is 13.0 Å². The van der Waals surface area contributed by atoms with Crippen LogP contribution in [0.25, 0.3) is 17.0 Å². The lowest BCUT2D eigenvalue weighted by Crippen LogP contribution is -2.09. The molecule has 0 spiro atoms. The van der Waals surface area contributed by atoms with Gasteiger partial charge in [-0.1, -0.05) is 18.7 Å². The summed E-state index contributed by atoms with van der Waals surface area (Å²) in [6, 6.07) is 6.03. The molecule has 0 saturated heterocycles. The lowest BCUT2D eigenvalue weighted by molar-refractivity contribution is 0.413. The third-order valence-corrected chi connectivity index (χ3v) is 4.39. The van der Waals surface area contributed by atoms with Crippen molar-refractivity contribution in [3.05, 3.63) is 65.5 Å². The monoisotopic (exact) mass is 355 g/mol. The van der Waals surface area contributed by atoms with E-state index in [0.717, 1.165) is 34.6 Å². The fourth-order valence-electron chi connectivity index (χ4n) is 3.00. The first kappa shape index (κ1) is 17.8. The summed E-state index contributed by atoms with van der Waals surface area (Å²) in [6.07, 6.45) is 3.67. The quantitative estimate of drug-likeness (QED) is 0.706. The number of benzene rings is 2. The number of halogens is 2. The van der Waals surface area contributed by atoms with Crippen molar-refractivity contribution in [2.45, 2.75) is 13.3 Å². The molecule has 3 rings (SSSR count). The van der Waals surface area contributed by atoms with Crippen LogP contribution in [0.5, 0.6) is 5.75 Å². The van der Waals surface area contributed by atoms with E-state index in [1.165, 1.54) is 6.33 Å². The number of anilines is 1. The summed E-state index contributed by atoms with van der Waals surface area (Å²) in [7, 11) is 1.62. The van der Waals surface area contributed by atoms with Gasteiger partial charge in [-0.15, -0.1) is 0 Å². The van der Waals surface area contributed by atoms with Gasteiger partial charge in [0.15, 0.2) is 0 Å². The van der Waals surface area contributed by atoms with Gasteiger partial charge in [0.25, 0.3) is 0 Å². The van der Waals surface area contributed by atoms with Crippen LogP contribution in [0.3, 0.4) is 0 Å². The molecule has 0 atom stereocenters. The Hall–Kier alpha value is -3.02. The molecular formula is C20H19F2N3O. The SMILES string of the molecule is C=Cc1c(OC)ccc(CCNc2ncnc3c(F)ccc(F)c23)c1C. The molecule has 1 heterocycles. The van der Waals surface area contributed by atoms with Crippen molar-refractivity contribution in [2.24, 2.45) is 0 Å². The minimum atomic E-state index is -0.575. The standard InChI is InChI=1S/C20H19F2N3O/c1-4-14-12(2)13(5-8-17(14)26-3)9-10-23-20-18-15(21)6-7-16(22)19(18)24-11-25-20/h4-8,11H,1,9-10H2,2-3H3,(H,23,24,25). The Labute approximate surface area is 150 Å². The van der Waals surface area contributed by atoms with Gasteiger partial charge >= 0.3 is 0 Å². The summed E-state index contributed by atoms with van der Waals surface area (Å²) in [5.74, 6) is -0.0804. The van der Waals surface area contributed by atoms with Gasteiger partial charge in [0.05, 0.1) is 12.5 Å². The number of aromatic nitrogens is 2. The molecule has 0 radical (unpaired) electrons. The average Bonchev–Trinajstić information content (AvgIpc) is 2.65. The van der Waals surface area contributed by atoms with Crippen molar-refractivity contribution >= 4 is 22.8 Å². The number of methoxy groups -OCH3 is 1. The van der Waals surface area contributed by atoms with Crippen LogP contribution in [-0.2, 0) is 6.42 Å². The predicted octanol–water partition coefficient (Wildman–Crippen LogP) is 4.52. The van der Waals surface area contributed by atoms with Gasteiger partial charge in [0, 0.05) is 12.1 Å². The van der Waals surface area contributed by atoms with Crippen LogP contribution < -0.4 is 10.1 Å². The molecule has 0 saturated carbocycles. The van der Waals surface area contributed by atoms with Crippen molar-refractivity contribution in [3.63, 3.8) is 0 Å². The molecule has 0 aliphatic carbocycles. The Morgan fingerprint density at radius 2 is 1.92 bits per heavy atom. The van der Waals surface area contributed by atoms with Crippen molar-refractivity contribution in [2.75, 3.05) is 19.0 Å². The molecule has 0 amide bonds. The fourth-order valence-corrected chi connectivity index (χ4v) is 3.00. The van der Waals surface area contributed by atoms with Crippen LogP contribution in [-0.4, -0.2) is 23.6 Å². The molecule has 0 unspecified atom stereocenters. The molecule has 0 bridgehead atoms. The van der Waals surface area contributed by atoms with Gasteiger partial charge in [-0.3, -0.25) is 0 Å². The first-order chi connectivity index (χ1) is 12.6. The van der Waals surface area contributed by atoms with Crippen LogP contribution in [0.4, 0.5) is 14.6 Å². The van der Waals surface area contributed by atoms with Crippen molar-refractivity contribution < 1.29 is 13.5 Å². The average molecular weight is 355 g/mol. The molecule has 0 fully saturated rings. The third-order valence-electron chi connectivity index (χ3n) is 4.39. The van der Waals surface area contributed by atoms with E-state index >= 15 is 0 Å². The van der Waals surface area contributed by atoms with Crippen LogP contribution in [0.15, 0.2) is 37.2 Å². The highest BCUT2D eigenvalue weighted by atomic mass is 19.1. The molecule has 0 aliphatic heterocycles. The lowest BCUT2D eigenvalue weighted by Gasteiger charge is -2.14. The molecule has 1 N–H and O–H groups in total.